The predicted octanol–water partition coefficient (Wildman–Crippen LogP) is 2.63. The molecule has 8 heteroatoms. The summed E-state index contributed by atoms with van der Waals surface area (Å²) in [5.74, 6) is 0.0920. The second-order valence-corrected chi connectivity index (χ2v) is 6.32. The van der Waals surface area contributed by atoms with E-state index in [1.165, 1.54) is 18.7 Å². The number of nitrogens with zero attached hydrogens (tertiary/aromatic N) is 2. The van der Waals surface area contributed by atoms with Gasteiger partial charge in [0.25, 0.3) is 0 Å². The number of hydrogen-bond donors (Lipinski definition) is 3. The maximum Gasteiger partial charge on any atom is 0.248 e. The van der Waals surface area contributed by atoms with E-state index in [1.54, 1.807) is 0 Å². The first kappa shape index (κ1) is 17.7. The summed E-state index contributed by atoms with van der Waals surface area (Å²) in [6, 6.07) is 17.4. The van der Waals surface area contributed by atoms with Crippen molar-refractivity contribution in [3.63, 3.8) is 0 Å². The zero-order valence-electron chi connectivity index (χ0n) is 14.0. The van der Waals surface area contributed by atoms with Crippen LogP contribution in [0.15, 0.2) is 59.8 Å². The number of carbonyl (C=O) groups is 2. The van der Waals surface area contributed by atoms with Gasteiger partial charge in [0.1, 0.15) is 5.82 Å². The largest absolute Gasteiger partial charge is 0.340 e. The molecule has 2 amide bonds. The number of thioether (sulfide) groups is 1. The van der Waals surface area contributed by atoms with Crippen molar-refractivity contribution >= 4 is 46.0 Å². The Kier molecular flexibility index (Phi) is 5.65. The Morgan fingerprint density at radius 1 is 0.962 bits per heavy atom. The van der Waals surface area contributed by atoms with Crippen LogP contribution in [-0.2, 0) is 9.59 Å². The number of nitrogens with one attached hydrogen (secondary N) is 3. The normalized spacial score (nSPS) is 10.3. The molecule has 0 bridgehead atoms. The van der Waals surface area contributed by atoms with Gasteiger partial charge in [0.15, 0.2) is 5.16 Å². The first-order chi connectivity index (χ1) is 12.6. The molecule has 0 radical (unpaired) electrons. The van der Waals surface area contributed by atoms with Crippen LogP contribution in [0.5, 0.6) is 0 Å². The smallest absolute Gasteiger partial charge is 0.248 e. The van der Waals surface area contributed by atoms with E-state index in [-0.39, 0.29) is 17.6 Å². The highest BCUT2D eigenvalue weighted by atomic mass is 32.2. The zero-order valence-corrected chi connectivity index (χ0v) is 14.8. The fourth-order valence-corrected chi connectivity index (χ4v) is 2.85. The molecule has 2 aromatic carbocycles. The lowest BCUT2D eigenvalue weighted by Crippen LogP contribution is -2.41. The second-order valence-electron chi connectivity index (χ2n) is 5.38. The minimum absolute atomic E-state index is 0.0867. The summed E-state index contributed by atoms with van der Waals surface area (Å²) in [7, 11) is 0. The fourth-order valence-electron chi connectivity index (χ4n) is 2.20. The number of amides is 2. The number of anilines is 2. The highest BCUT2D eigenvalue weighted by Gasteiger charge is 2.10. The quantitative estimate of drug-likeness (QED) is 0.364. The molecule has 3 aromatic rings. The van der Waals surface area contributed by atoms with E-state index in [9.17, 15) is 9.59 Å². The van der Waals surface area contributed by atoms with Gasteiger partial charge in [-0.15, -0.1) is 0 Å². The molecule has 0 aliphatic carbocycles. The van der Waals surface area contributed by atoms with Crippen LogP contribution in [-0.4, -0.2) is 27.5 Å². The van der Waals surface area contributed by atoms with E-state index in [1.807, 2.05) is 54.6 Å². The van der Waals surface area contributed by atoms with Crippen LogP contribution >= 0.6 is 11.8 Å². The van der Waals surface area contributed by atoms with Crippen molar-refractivity contribution in [1.82, 2.24) is 20.8 Å². The van der Waals surface area contributed by atoms with Crippen LogP contribution in [0.25, 0.3) is 10.9 Å². The molecule has 1 aromatic heterocycles. The minimum atomic E-state index is -0.334. The van der Waals surface area contributed by atoms with Gasteiger partial charge in [0.05, 0.1) is 11.3 Å². The molecule has 132 valence electrons. The zero-order chi connectivity index (χ0) is 18.4. The van der Waals surface area contributed by atoms with Gasteiger partial charge in [-0.25, -0.2) is 9.97 Å². The third kappa shape index (κ3) is 4.70. The van der Waals surface area contributed by atoms with Crippen LogP contribution in [0.4, 0.5) is 11.5 Å². The Morgan fingerprint density at radius 3 is 2.46 bits per heavy atom. The Bertz CT molecular complexity index is 933. The molecule has 0 saturated heterocycles. The fraction of sp³-hybridized carbons (Fsp3) is 0.111. The molecule has 3 rings (SSSR count). The average Bonchev–Trinajstić information content (AvgIpc) is 2.65. The number of rotatable bonds is 5. The predicted molar refractivity (Wildman–Crippen MR) is 102 cm³/mol. The number of fused-ring (bicyclic) bond motifs is 1. The third-order valence-electron chi connectivity index (χ3n) is 3.33. The van der Waals surface area contributed by atoms with Gasteiger partial charge in [-0.2, -0.15) is 0 Å². The van der Waals surface area contributed by atoms with E-state index >= 15 is 0 Å². The van der Waals surface area contributed by atoms with E-state index in [2.05, 4.69) is 26.1 Å². The number of aromatic nitrogens is 2. The molecular formula is C18H17N5O2S. The van der Waals surface area contributed by atoms with Crippen molar-refractivity contribution in [1.29, 1.82) is 0 Å². The Labute approximate surface area is 154 Å². The summed E-state index contributed by atoms with van der Waals surface area (Å²) in [4.78, 5) is 31.6. The van der Waals surface area contributed by atoms with Gasteiger partial charge in [0, 0.05) is 18.0 Å². The van der Waals surface area contributed by atoms with Crippen molar-refractivity contribution in [3.05, 3.63) is 54.6 Å². The van der Waals surface area contributed by atoms with Crippen LogP contribution in [0, 0.1) is 0 Å². The monoisotopic (exact) mass is 367 g/mol. The standard InChI is InChI=1S/C18H17N5O2S/c1-12(24)22-23-16(25)11-26-18-20-15-10-6-5-9-14(15)17(21-18)19-13-7-3-2-4-8-13/h2-10H,11H2,1H3,(H,22,24)(H,23,25)(H,19,20,21). The second kappa shape index (κ2) is 8.30. The van der Waals surface area contributed by atoms with Crippen LogP contribution in [0.2, 0.25) is 0 Å². The molecule has 1 heterocycles. The van der Waals surface area contributed by atoms with E-state index in [4.69, 9.17) is 0 Å². The van der Waals surface area contributed by atoms with Crippen molar-refractivity contribution in [2.24, 2.45) is 0 Å². The maximum atomic E-state index is 11.7. The summed E-state index contributed by atoms with van der Waals surface area (Å²) in [5.41, 5.74) is 6.26. The van der Waals surface area contributed by atoms with E-state index in [0.29, 0.717) is 11.0 Å². The van der Waals surface area contributed by atoms with E-state index in [0.717, 1.165) is 16.6 Å². The highest BCUT2D eigenvalue weighted by molar-refractivity contribution is 7.99. The van der Waals surface area contributed by atoms with E-state index < -0.39 is 0 Å². The van der Waals surface area contributed by atoms with Crippen LogP contribution in [0.3, 0.4) is 0 Å². The Hall–Kier alpha value is -3.13. The topological polar surface area (TPSA) is 96.0 Å². The van der Waals surface area contributed by atoms with Crippen molar-refractivity contribution in [3.8, 4) is 0 Å². The Balaban J connectivity index is 1.80. The number of hydrazine groups is 1. The van der Waals surface area contributed by atoms with Crippen molar-refractivity contribution < 1.29 is 9.59 Å². The molecule has 0 spiro atoms. The SMILES string of the molecule is CC(=O)NNC(=O)CSc1nc(Nc2ccccc2)c2ccccc2n1. The van der Waals surface area contributed by atoms with Gasteiger partial charge in [0.2, 0.25) is 11.8 Å². The number of para-hydroxylation sites is 2. The molecule has 7 nitrogen and oxygen atoms in total. The first-order valence-electron chi connectivity index (χ1n) is 7.89. The summed E-state index contributed by atoms with van der Waals surface area (Å²) < 4.78 is 0. The third-order valence-corrected chi connectivity index (χ3v) is 4.18. The van der Waals surface area contributed by atoms with Gasteiger partial charge >= 0.3 is 0 Å². The molecule has 0 aliphatic rings. The minimum Gasteiger partial charge on any atom is -0.340 e. The first-order valence-corrected chi connectivity index (χ1v) is 8.87. The lowest BCUT2D eigenvalue weighted by Gasteiger charge is -2.10. The molecule has 0 fully saturated rings. The summed E-state index contributed by atoms with van der Waals surface area (Å²) in [6.07, 6.45) is 0. The van der Waals surface area contributed by atoms with Gasteiger partial charge in [-0.3, -0.25) is 20.4 Å². The summed E-state index contributed by atoms with van der Waals surface area (Å²) in [5, 5.41) is 4.66. The van der Waals surface area contributed by atoms with Gasteiger partial charge in [-0.1, -0.05) is 42.1 Å². The molecule has 0 aliphatic heterocycles. The maximum absolute atomic E-state index is 11.7. The van der Waals surface area contributed by atoms with Crippen LogP contribution in [0.1, 0.15) is 6.92 Å². The molecule has 3 N–H and O–H groups in total. The summed E-state index contributed by atoms with van der Waals surface area (Å²) in [6.45, 7) is 1.32. The lowest BCUT2D eigenvalue weighted by atomic mass is 10.2. The highest BCUT2D eigenvalue weighted by Crippen LogP contribution is 2.26. The lowest BCUT2D eigenvalue weighted by molar-refractivity contribution is -0.126. The molecular weight excluding hydrogens is 350 g/mol. The van der Waals surface area contributed by atoms with Crippen molar-refractivity contribution in [2.75, 3.05) is 11.1 Å². The van der Waals surface area contributed by atoms with Crippen molar-refractivity contribution in [2.45, 2.75) is 12.1 Å². The Morgan fingerprint density at radius 2 is 1.69 bits per heavy atom. The number of carbonyl (C=O) groups excluding carboxylic acids is 2. The molecule has 0 unspecified atom stereocenters. The number of hydrogen-bond acceptors (Lipinski definition) is 6. The molecule has 26 heavy (non-hydrogen) atoms. The van der Waals surface area contributed by atoms with Crippen LogP contribution < -0.4 is 16.2 Å². The number of benzene rings is 2. The molecule has 0 atom stereocenters. The van der Waals surface area contributed by atoms with Gasteiger partial charge < -0.3 is 5.32 Å². The molecule has 0 saturated carbocycles. The van der Waals surface area contributed by atoms with Gasteiger partial charge in [-0.05, 0) is 24.3 Å². The summed E-state index contributed by atoms with van der Waals surface area (Å²) >= 11 is 1.19. The average molecular weight is 367 g/mol.